The molecule has 2 aromatic carbocycles. The van der Waals surface area contributed by atoms with Crippen LogP contribution < -0.4 is 14.9 Å². The second-order valence-corrected chi connectivity index (χ2v) is 11.2. The Morgan fingerprint density at radius 3 is 2.69 bits per heavy atom. The van der Waals surface area contributed by atoms with Gasteiger partial charge in [-0.1, -0.05) is 41.9 Å². The Balaban J connectivity index is 1.36. The summed E-state index contributed by atoms with van der Waals surface area (Å²) in [5.41, 5.74) is 5.11. The molecule has 0 radical (unpaired) electrons. The first-order valence-corrected chi connectivity index (χ1v) is 13.1. The van der Waals surface area contributed by atoms with Crippen molar-refractivity contribution in [3.8, 4) is 11.5 Å². The van der Waals surface area contributed by atoms with Crippen LogP contribution >= 0.6 is 0 Å². The summed E-state index contributed by atoms with van der Waals surface area (Å²) in [4.78, 5) is 2.78. The van der Waals surface area contributed by atoms with Gasteiger partial charge in [-0.05, 0) is 61.4 Å². The third-order valence-electron chi connectivity index (χ3n) is 9.42. The average molecular weight is 471 g/mol. The predicted molar refractivity (Wildman–Crippen MR) is 137 cm³/mol. The molecule has 35 heavy (non-hydrogen) atoms. The first kappa shape index (κ1) is 22.0. The Hall–Kier alpha value is -2.28. The van der Waals surface area contributed by atoms with Gasteiger partial charge in [-0.3, -0.25) is 4.90 Å². The number of likely N-dealkylation sites (tertiary alicyclic amines) is 1. The molecule has 2 aromatic rings. The van der Waals surface area contributed by atoms with Crippen LogP contribution in [-0.2, 0) is 27.9 Å². The highest BCUT2D eigenvalue weighted by Gasteiger charge is 2.69. The fourth-order valence-corrected chi connectivity index (χ4v) is 7.53. The van der Waals surface area contributed by atoms with Crippen molar-refractivity contribution in [3.05, 3.63) is 65.2 Å². The maximum absolute atomic E-state index is 6.93. The van der Waals surface area contributed by atoms with Gasteiger partial charge in [-0.25, -0.2) is 0 Å². The standard InChI is InChI=1S/C29H34BNO4/c1-32-29(33-2)11-10-21-23-14-20-22(30)15-24(34-17-19-6-4-3-5-7-19)26-25(20)28(21,27(29)35-26)12-13-31(23)16-18-8-9-18/h3-7,10-11,15,18,21,23,27H,8-9,12-14,16-17,30H2,1-2H3/t21?,23?,27-,28+/m0/s1. The number of hydrogen-bond acceptors (Lipinski definition) is 5. The summed E-state index contributed by atoms with van der Waals surface area (Å²) in [6.45, 7) is 2.85. The van der Waals surface area contributed by atoms with Gasteiger partial charge in [0.2, 0.25) is 5.79 Å². The summed E-state index contributed by atoms with van der Waals surface area (Å²) in [6, 6.07) is 13.0. The lowest BCUT2D eigenvalue weighted by molar-refractivity contribution is -0.244. The van der Waals surface area contributed by atoms with E-state index in [1.54, 1.807) is 14.2 Å². The average Bonchev–Trinajstić information content (AvgIpc) is 3.64. The highest BCUT2D eigenvalue weighted by Crippen LogP contribution is 2.64. The lowest BCUT2D eigenvalue weighted by atomic mass is 9.51. The minimum absolute atomic E-state index is 0.161. The maximum atomic E-state index is 6.93. The van der Waals surface area contributed by atoms with Crippen molar-refractivity contribution in [2.45, 2.75) is 55.6 Å². The van der Waals surface area contributed by atoms with Gasteiger partial charge < -0.3 is 18.9 Å². The molecule has 0 amide bonds. The molecule has 6 heteroatoms. The molecule has 2 heterocycles. The van der Waals surface area contributed by atoms with E-state index in [0.29, 0.717) is 18.6 Å². The van der Waals surface area contributed by atoms with Crippen molar-refractivity contribution in [2.24, 2.45) is 11.8 Å². The zero-order chi connectivity index (χ0) is 23.8. The molecule has 2 bridgehead atoms. The largest absolute Gasteiger partial charge is 0.485 e. The van der Waals surface area contributed by atoms with E-state index in [0.717, 1.165) is 42.4 Å². The topological polar surface area (TPSA) is 40.2 Å². The quantitative estimate of drug-likeness (QED) is 0.353. The van der Waals surface area contributed by atoms with Crippen molar-refractivity contribution < 1.29 is 18.9 Å². The minimum Gasteiger partial charge on any atom is -0.485 e. The van der Waals surface area contributed by atoms with E-state index < -0.39 is 5.79 Å². The third-order valence-corrected chi connectivity index (χ3v) is 9.42. The fourth-order valence-electron chi connectivity index (χ4n) is 7.53. The van der Waals surface area contributed by atoms with E-state index in [1.807, 2.05) is 6.07 Å². The number of nitrogens with zero attached hydrogens (tertiary/aromatic N) is 1. The molecular weight excluding hydrogens is 437 g/mol. The Labute approximate surface area is 208 Å². The van der Waals surface area contributed by atoms with Crippen LogP contribution in [0.1, 0.15) is 36.0 Å². The van der Waals surface area contributed by atoms with E-state index in [9.17, 15) is 0 Å². The number of benzene rings is 2. The lowest BCUT2D eigenvalue weighted by Crippen LogP contribution is -2.69. The summed E-state index contributed by atoms with van der Waals surface area (Å²) in [7, 11) is 5.71. The number of ether oxygens (including phenoxy) is 4. The van der Waals surface area contributed by atoms with Gasteiger partial charge in [0.15, 0.2) is 17.6 Å². The van der Waals surface area contributed by atoms with Crippen LogP contribution in [0.25, 0.3) is 0 Å². The second-order valence-electron chi connectivity index (χ2n) is 11.2. The molecule has 3 aliphatic carbocycles. The Morgan fingerprint density at radius 2 is 1.94 bits per heavy atom. The monoisotopic (exact) mass is 471 g/mol. The summed E-state index contributed by atoms with van der Waals surface area (Å²) < 4.78 is 25.6. The van der Waals surface area contributed by atoms with Gasteiger partial charge in [-0.2, -0.15) is 0 Å². The Kier molecular flexibility index (Phi) is 4.93. The normalized spacial score (nSPS) is 31.7. The van der Waals surface area contributed by atoms with Crippen molar-refractivity contribution >= 4 is 13.3 Å². The molecule has 2 unspecified atom stereocenters. The van der Waals surface area contributed by atoms with E-state index >= 15 is 0 Å². The van der Waals surface area contributed by atoms with Gasteiger partial charge in [0.1, 0.15) is 14.5 Å². The molecule has 0 N–H and O–H groups in total. The van der Waals surface area contributed by atoms with Gasteiger partial charge in [0.05, 0.1) is 5.41 Å². The Morgan fingerprint density at radius 1 is 1.14 bits per heavy atom. The van der Waals surface area contributed by atoms with Crippen LogP contribution in [0, 0.1) is 11.8 Å². The molecule has 0 aromatic heterocycles. The number of piperidine rings is 1. The number of methoxy groups -OCH3 is 2. The highest BCUT2D eigenvalue weighted by molar-refractivity contribution is 6.34. The SMILES string of the molecule is Bc1cc(OCc2ccccc2)c2c3c1CC1C4C=CC(OC)(OC)[C@@H](O2)[C@@]34CCN1CC1CC1. The highest BCUT2D eigenvalue weighted by atomic mass is 16.7. The van der Waals surface area contributed by atoms with E-state index in [4.69, 9.17) is 18.9 Å². The van der Waals surface area contributed by atoms with Gasteiger partial charge in [-0.15, -0.1) is 0 Å². The summed E-state index contributed by atoms with van der Waals surface area (Å²) >= 11 is 0. The second kappa shape index (κ2) is 7.86. The fraction of sp³-hybridized carbons (Fsp3) is 0.517. The maximum Gasteiger partial charge on any atom is 0.226 e. The molecule has 5 nitrogen and oxygen atoms in total. The molecule has 5 aliphatic rings. The molecular formula is C29H34BNO4. The van der Waals surface area contributed by atoms with Gasteiger partial charge in [0, 0.05) is 38.3 Å². The minimum atomic E-state index is -0.905. The number of rotatable bonds is 7. The van der Waals surface area contributed by atoms with Gasteiger partial charge >= 0.3 is 0 Å². The zero-order valence-corrected chi connectivity index (χ0v) is 21.0. The third kappa shape index (κ3) is 3.06. The van der Waals surface area contributed by atoms with E-state index in [2.05, 4.69) is 55.2 Å². The van der Waals surface area contributed by atoms with Crippen molar-refractivity contribution in [1.82, 2.24) is 4.90 Å². The molecule has 1 saturated heterocycles. The van der Waals surface area contributed by atoms with Crippen LogP contribution in [-0.4, -0.2) is 58.0 Å². The summed E-state index contributed by atoms with van der Waals surface area (Å²) in [6.07, 6.45) is 9.17. The molecule has 4 atom stereocenters. The van der Waals surface area contributed by atoms with Crippen LogP contribution in [0.5, 0.6) is 11.5 Å². The van der Waals surface area contributed by atoms with Gasteiger partial charge in [0.25, 0.3) is 0 Å². The molecule has 1 spiro atoms. The predicted octanol–water partition coefficient (Wildman–Crippen LogP) is 2.74. The summed E-state index contributed by atoms with van der Waals surface area (Å²) in [5, 5.41) is 0. The first-order valence-electron chi connectivity index (χ1n) is 13.1. The van der Waals surface area contributed by atoms with Crippen LogP contribution in [0.3, 0.4) is 0 Å². The first-order chi connectivity index (χ1) is 17.1. The molecule has 2 fully saturated rings. The Bertz CT molecular complexity index is 1170. The molecule has 182 valence electrons. The van der Waals surface area contributed by atoms with E-state index in [1.165, 1.54) is 36.0 Å². The van der Waals surface area contributed by atoms with Crippen molar-refractivity contribution in [2.75, 3.05) is 27.3 Å². The van der Waals surface area contributed by atoms with Crippen LogP contribution in [0.15, 0.2) is 48.6 Å². The lowest BCUT2D eigenvalue weighted by Gasteiger charge is -2.59. The molecule has 7 rings (SSSR count). The molecule has 1 saturated carbocycles. The summed E-state index contributed by atoms with van der Waals surface area (Å²) in [5.74, 6) is 2.12. The zero-order valence-electron chi connectivity index (χ0n) is 21.0. The van der Waals surface area contributed by atoms with Crippen LogP contribution in [0.2, 0.25) is 0 Å². The smallest absolute Gasteiger partial charge is 0.226 e. The number of hydrogen-bond donors (Lipinski definition) is 0. The van der Waals surface area contributed by atoms with Crippen molar-refractivity contribution in [3.63, 3.8) is 0 Å². The van der Waals surface area contributed by atoms with Crippen LogP contribution in [0.4, 0.5) is 0 Å². The molecule has 2 aliphatic heterocycles. The van der Waals surface area contributed by atoms with E-state index in [-0.39, 0.29) is 11.5 Å². The van der Waals surface area contributed by atoms with Crippen molar-refractivity contribution in [1.29, 1.82) is 0 Å².